The number of ether oxygens (including phenoxy) is 1. The Balaban J connectivity index is 3.06. The molecule has 0 saturated carbocycles. The molecule has 1 rings (SSSR count). The van der Waals surface area contributed by atoms with E-state index < -0.39 is 5.92 Å². The summed E-state index contributed by atoms with van der Waals surface area (Å²) >= 11 is 0. The molecule has 1 aromatic rings. The van der Waals surface area contributed by atoms with Gasteiger partial charge in [-0.3, -0.25) is 10.1 Å². The highest BCUT2D eigenvalue weighted by molar-refractivity contribution is 5.56. The van der Waals surface area contributed by atoms with Crippen LogP contribution in [0, 0.1) is 16.0 Å². The Kier molecular flexibility index (Phi) is 5.99. The second kappa shape index (κ2) is 7.51. The molecule has 0 fully saturated rings. The number of benzene rings is 1. The molecule has 0 bridgehead atoms. The first kappa shape index (κ1) is 15.1. The van der Waals surface area contributed by atoms with Crippen LogP contribution in [0.15, 0.2) is 24.3 Å². The maximum absolute atomic E-state index is 11.2. The Morgan fingerprint density at radius 3 is 2.74 bits per heavy atom. The van der Waals surface area contributed by atoms with E-state index in [1.165, 1.54) is 0 Å². The van der Waals surface area contributed by atoms with Crippen LogP contribution in [-0.4, -0.2) is 24.9 Å². The molecule has 0 radical (unpaired) electrons. The number of methoxy groups -OCH3 is 1. The highest BCUT2D eigenvalue weighted by atomic mass is 16.6. The van der Waals surface area contributed by atoms with E-state index in [0.717, 1.165) is 18.3 Å². The fraction of sp³-hybridized carbons (Fsp3) is 0.500. The monoisotopic (exact) mass is 265 g/mol. The number of hydrogen-bond acceptors (Lipinski definition) is 4. The molecule has 5 nitrogen and oxygen atoms in total. The van der Waals surface area contributed by atoms with Crippen molar-refractivity contribution in [2.75, 3.05) is 13.7 Å². The third-order valence-electron chi connectivity index (χ3n) is 3.18. The van der Waals surface area contributed by atoms with Crippen LogP contribution in [0.25, 0.3) is 0 Å². The molecule has 104 valence electrons. The zero-order valence-corrected chi connectivity index (χ0v) is 11.2. The molecule has 5 heteroatoms. The van der Waals surface area contributed by atoms with Gasteiger partial charge < -0.3 is 9.53 Å². The van der Waals surface area contributed by atoms with Crippen LogP contribution in [0.3, 0.4) is 0 Å². The summed E-state index contributed by atoms with van der Waals surface area (Å²) in [6.45, 7) is 1.72. The molecule has 0 aliphatic rings. The van der Waals surface area contributed by atoms with Crippen molar-refractivity contribution < 1.29 is 14.5 Å². The average Bonchev–Trinajstić information content (AvgIpc) is 2.42. The van der Waals surface area contributed by atoms with Crippen molar-refractivity contribution in [3.8, 4) is 5.75 Å². The minimum absolute atomic E-state index is 0.240. The van der Waals surface area contributed by atoms with Gasteiger partial charge in [0.25, 0.3) is 0 Å². The van der Waals surface area contributed by atoms with E-state index in [4.69, 9.17) is 4.74 Å². The number of nitrogens with zero attached hydrogens (tertiary/aromatic N) is 1. The first-order chi connectivity index (χ1) is 9.12. The smallest absolute Gasteiger partial charge is 0.211 e. The first-order valence-electron chi connectivity index (χ1n) is 6.33. The van der Waals surface area contributed by atoms with Crippen molar-refractivity contribution in [3.63, 3.8) is 0 Å². The van der Waals surface area contributed by atoms with Crippen molar-refractivity contribution in [2.24, 2.45) is 5.92 Å². The van der Waals surface area contributed by atoms with Crippen LogP contribution in [-0.2, 0) is 4.79 Å². The number of hydrogen-bond donors (Lipinski definition) is 0. The lowest BCUT2D eigenvalue weighted by atomic mass is 9.84. The zero-order valence-electron chi connectivity index (χ0n) is 11.2. The van der Waals surface area contributed by atoms with E-state index in [1.807, 2.05) is 13.0 Å². The number of aldehydes is 1. The predicted octanol–water partition coefficient (Wildman–Crippen LogP) is 2.67. The van der Waals surface area contributed by atoms with Gasteiger partial charge in [-0.1, -0.05) is 25.5 Å². The number of rotatable bonds is 8. The van der Waals surface area contributed by atoms with E-state index >= 15 is 0 Å². The molecule has 0 aliphatic carbocycles. The van der Waals surface area contributed by atoms with Gasteiger partial charge in [-0.2, -0.15) is 0 Å². The summed E-state index contributed by atoms with van der Waals surface area (Å²) < 4.78 is 5.13. The standard InChI is InChI=1S/C14H19NO4/c1-3-5-12(10-16)14(9-15(17)18)11-6-4-7-13(8-11)19-2/h4,6-8,10,12,14H,3,5,9H2,1-2H3/t12-,14+/m0/s1. The largest absolute Gasteiger partial charge is 0.497 e. The van der Waals surface area contributed by atoms with Crippen molar-refractivity contribution in [1.82, 2.24) is 0 Å². The van der Waals surface area contributed by atoms with Crippen LogP contribution in [0.5, 0.6) is 5.75 Å². The highest BCUT2D eigenvalue weighted by Gasteiger charge is 2.27. The SMILES string of the molecule is CCC[C@@H](C=O)[C@H](C[N+](=O)[O-])c1cccc(OC)c1. The van der Waals surface area contributed by atoms with E-state index in [2.05, 4.69) is 0 Å². The van der Waals surface area contributed by atoms with Gasteiger partial charge in [-0.25, -0.2) is 0 Å². The van der Waals surface area contributed by atoms with E-state index in [-0.39, 0.29) is 17.4 Å². The Labute approximate surface area is 112 Å². The third kappa shape index (κ3) is 4.35. The molecule has 0 saturated heterocycles. The summed E-state index contributed by atoms with van der Waals surface area (Å²) in [5.41, 5.74) is 0.779. The van der Waals surface area contributed by atoms with E-state index in [1.54, 1.807) is 25.3 Å². The highest BCUT2D eigenvalue weighted by Crippen LogP contribution is 2.29. The van der Waals surface area contributed by atoms with Gasteiger partial charge in [0.05, 0.1) is 13.0 Å². The number of nitro groups is 1. The fourth-order valence-electron chi connectivity index (χ4n) is 2.22. The summed E-state index contributed by atoms with van der Waals surface area (Å²) in [6, 6.07) is 7.14. The summed E-state index contributed by atoms with van der Waals surface area (Å²) in [5, 5.41) is 10.8. The lowest BCUT2D eigenvalue weighted by Gasteiger charge is -2.20. The summed E-state index contributed by atoms with van der Waals surface area (Å²) in [4.78, 5) is 21.6. The average molecular weight is 265 g/mol. The molecule has 0 spiro atoms. The molecule has 19 heavy (non-hydrogen) atoms. The molecule has 0 aromatic heterocycles. The van der Waals surface area contributed by atoms with Gasteiger partial charge in [0, 0.05) is 10.8 Å². The Bertz CT molecular complexity index is 433. The van der Waals surface area contributed by atoms with Gasteiger partial charge in [-0.05, 0) is 24.1 Å². The summed E-state index contributed by atoms with van der Waals surface area (Å²) in [5.74, 6) is -0.0861. The molecular weight excluding hydrogens is 246 g/mol. The van der Waals surface area contributed by atoms with Crippen LogP contribution in [0.1, 0.15) is 31.2 Å². The van der Waals surface area contributed by atoms with Crippen molar-refractivity contribution in [2.45, 2.75) is 25.7 Å². The molecule has 0 unspecified atom stereocenters. The fourth-order valence-corrected chi connectivity index (χ4v) is 2.22. The zero-order chi connectivity index (χ0) is 14.3. The van der Waals surface area contributed by atoms with E-state index in [9.17, 15) is 14.9 Å². The van der Waals surface area contributed by atoms with Gasteiger partial charge >= 0.3 is 0 Å². The summed E-state index contributed by atoms with van der Waals surface area (Å²) in [7, 11) is 1.55. The molecule has 1 aromatic carbocycles. The minimum atomic E-state index is -0.400. The number of carbonyl (C=O) groups excluding carboxylic acids is 1. The van der Waals surface area contributed by atoms with Gasteiger partial charge in [0.1, 0.15) is 12.0 Å². The third-order valence-corrected chi connectivity index (χ3v) is 3.18. The second-order valence-corrected chi connectivity index (χ2v) is 4.49. The predicted molar refractivity (Wildman–Crippen MR) is 72.1 cm³/mol. The van der Waals surface area contributed by atoms with Crippen LogP contribution >= 0.6 is 0 Å². The molecule has 0 heterocycles. The summed E-state index contributed by atoms with van der Waals surface area (Å²) in [6.07, 6.45) is 2.30. The van der Waals surface area contributed by atoms with Crippen LogP contribution < -0.4 is 4.74 Å². The Morgan fingerprint density at radius 2 is 2.21 bits per heavy atom. The van der Waals surface area contributed by atoms with Gasteiger partial charge in [0.15, 0.2) is 0 Å². The normalized spacial score (nSPS) is 13.6. The minimum Gasteiger partial charge on any atom is -0.497 e. The lowest BCUT2D eigenvalue weighted by molar-refractivity contribution is -0.484. The lowest BCUT2D eigenvalue weighted by Crippen LogP contribution is -2.22. The quantitative estimate of drug-likeness (QED) is 0.411. The molecule has 0 aliphatic heterocycles. The topological polar surface area (TPSA) is 69.4 Å². The second-order valence-electron chi connectivity index (χ2n) is 4.49. The molecule has 0 amide bonds. The molecular formula is C14H19NO4. The Hall–Kier alpha value is -1.91. The molecule has 0 N–H and O–H groups in total. The number of carbonyl (C=O) groups is 1. The van der Waals surface area contributed by atoms with Crippen molar-refractivity contribution in [3.05, 3.63) is 39.9 Å². The first-order valence-corrected chi connectivity index (χ1v) is 6.33. The van der Waals surface area contributed by atoms with Gasteiger partial charge in [-0.15, -0.1) is 0 Å². The van der Waals surface area contributed by atoms with Crippen LogP contribution in [0.4, 0.5) is 0 Å². The van der Waals surface area contributed by atoms with E-state index in [0.29, 0.717) is 12.2 Å². The molecule has 2 atom stereocenters. The van der Waals surface area contributed by atoms with Crippen molar-refractivity contribution >= 4 is 6.29 Å². The maximum atomic E-state index is 11.2. The van der Waals surface area contributed by atoms with Crippen LogP contribution in [0.2, 0.25) is 0 Å². The van der Waals surface area contributed by atoms with Gasteiger partial charge in [0.2, 0.25) is 6.54 Å². The van der Waals surface area contributed by atoms with Crippen molar-refractivity contribution in [1.29, 1.82) is 0 Å². The maximum Gasteiger partial charge on any atom is 0.211 e. The Morgan fingerprint density at radius 1 is 1.47 bits per heavy atom.